The quantitative estimate of drug-likeness (QED) is 0.746. The Kier molecular flexibility index (Phi) is 5.29. The number of nitrogens with one attached hydrogen (secondary N) is 1. The van der Waals surface area contributed by atoms with Crippen LogP contribution in [-0.4, -0.2) is 32.5 Å². The predicted molar refractivity (Wildman–Crippen MR) is 80.0 cm³/mol. The summed E-state index contributed by atoms with van der Waals surface area (Å²) in [6, 6.07) is 0.724. The van der Waals surface area contributed by atoms with Gasteiger partial charge in [0.2, 0.25) is 0 Å². The molecule has 112 valence electrons. The zero-order valence-electron chi connectivity index (χ0n) is 12.4. The fourth-order valence-electron chi connectivity index (χ4n) is 3.29. The van der Waals surface area contributed by atoms with Crippen molar-refractivity contribution in [3.8, 4) is 0 Å². The van der Waals surface area contributed by atoms with Gasteiger partial charge in [0.05, 0.1) is 11.5 Å². The largest absolute Gasteiger partial charge is 0.314 e. The van der Waals surface area contributed by atoms with Crippen molar-refractivity contribution in [3.63, 3.8) is 0 Å². The molecule has 3 nitrogen and oxygen atoms in total. The van der Waals surface area contributed by atoms with Gasteiger partial charge in [-0.25, -0.2) is 8.42 Å². The molecule has 0 spiro atoms. The van der Waals surface area contributed by atoms with Crippen molar-refractivity contribution in [1.29, 1.82) is 0 Å². The third-order valence-corrected chi connectivity index (χ3v) is 6.76. The van der Waals surface area contributed by atoms with Crippen LogP contribution in [0.2, 0.25) is 0 Å². The van der Waals surface area contributed by atoms with Gasteiger partial charge in [-0.2, -0.15) is 0 Å². The van der Waals surface area contributed by atoms with Crippen LogP contribution in [0.5, 0.6) is 0 Å². The SMILES string of the molecule is CCC(CC)CC(CNC1CC1)C1CCS(=O)(=O)C1. The van der Waals surface area contributed by atoms with Gasteiger partial charge in [-0.1, -0.05) is 26.7 Å². The Balaban J connectivity index is 1.92. The van der Waals surface area contributed by atoms with E-state index in [0.717, 1.165) is 24.9 Å². The molecule has 4 heteroatoms. The summed E-state index contributed by atoms with van der Waals surface area (Å²) in [5.41, 5.74) is 0. The summed E-state index contributed by atoms with van der Waals surface area (Å²) in [5.74, 6) is 2.57. The van der Waals surface area contributed by atoms with E-state index in [9.17, 15) is 8.42 Å². The number of hydrogen-bond donors (Lipinski definition) is 1. The van der Waals surface area contributed by atoms with E-state index in [1.807, 2.05) is 0 Å². The van der Waals surface area contributed by atoms with Crippen molar-refractivity contribution < 1.29 is 8.42 Å². The summed E-state index contributed by atoms with van der Waals surface area (Å²) in [6.45, 7) is 5.54. The summed E-state index contributed by atoms with van der Waals surface area (Å²) in [5, 5.41) is 3.62. The van der Waals surface area contributed by atoms with Gasteiger partial charge in [0.15, 0.2) is 9.84 Å². The Morgan fingerprint density at radius 3 is 2.32 bits per heavy atom. The van der Waals surface area contributed by atoms with Gasteiger partial charge < -0.3 is 5.32 Å². The second-order valence-corrected chi connectivity index (χ2v) is 8.75. The molecule has 0 aromatic heterocycles. The Labute approximate surface area is 118 Å². The molecule has 1 heterocycles. The van der Waals surface area contributed by atoms with Crippen LogP contribution in [0.4, 0.5) is 0 Å². The normalized spacial score (nSPS) is 27.8. The molecule has 0 amide bonds. The van der Waals surface area contributed by atoms with E-state index >= 15 is 0 Å². The topological polar surface area (TPSA) is 46.2 Å². The van der Waals surface area contributed by atoms with Gasteiger partial charge in [0, 0.05) is 6.04 Å². The standard InChI is InChI=1S/C15H29NO2S/c1-3-12(4-2)9-14(10-16-15-5-6-15)13-7-8-19(17,18)11-13/h12-16H,3-11H2,1-2H3. The van der Waals surface area contributed by atoms with Crippen molar-refractivity contribution in [2.45, 2.75) is 58.4 Å². The maximum Gasteiger partial charge on any atom is 0.150 e. The van der Waals surface area contributed by atoms with Crippen molar-refractivity contribution in [2.24, 2.45) is 17.8 Å². The molecular formula is C15H29NO2S. The lowest BCUT2D eigenvalue weighted by molar-refractivity contribution is 0.266. The van der Waals surface area contributed by atoms with E-state index in [-0.39, 0.29) is 0 Å². The smallest absolute Gasteiger partial charge is 0.150 e. The van der Waals surface area contributed by atoms with Crippen molar-refractivity contribution in [3.05, 3.63) is 0 Å². The van der Waals surface area contributed by atoms with Crippen LogP contribution in [0, 0.1) is 17.8 Å². The summed E-state index contributed by atoms with van der Waals surface area (Å²) in [6.07, 6.45) is 7.14. The van der Waals surface area contributed by atoms with Crippen molar-refractivity contribution in [2.75, 3.05) is 18.1 Å². The molecule has 0 bridgehead atoms. The first kappa shape index (κ1) is 15.3. The van der Waals surface area contributed by atoms with E-state index in [1.165, 1.54) is 32.1 Å². The average molecular weight is 287 g/mol. The molecule has 2 fully saturated rings. The molecule has 2 unspecified atom stereocenters. The van der Waals surface area contributed by atoms with Gasteiger partial charge in [0.25, 0.3) is 0 Å². The summed E-state index contributed by atoms with van der Waals surface area (Å²) in [4.78, 5) is 0. The van der Waals surface area contributed by atoms with E-state index in [0.29, 0.717) is 23.3 Å². The zero-order chi connectivity index (χ0) is 13.9. The van der Waals surface area contributed by atoms with Gasteiger partial charge >= 0.3 is 0 Å². The van der Waals surface area contributed by atoms with Crippen molar-refractivity contribution >= 4 is 9.84 Å². The van der Waals surface area contributed by atoms with Crippen LogP contribution in [0.3, 0.4) is 0 Å². The second-order valence-electron chi connectivity index (χ2n) is 6.52. The highest BCUT2D eigenvalue weighted by atomic mass is 32.2. The number of rotatable bonds is 8. The molecule has 1 aliphatic heterocycles. The lowest BCUT2D eigenvalue weighted by Crippen LogP contribution is -2.31. The fourth-order valence-corrected chi connectivity index (χ4v) is 5.21. The highest BCUT2D eigenvalue weighted by Crippen LogP contribution is 2.32. The molecule has 0 aromatic rings. The maximum absolute atomic E-state index is 11.7. The molecule has 1 N–H and O–H groups in total. The molecule has 1 saturated heterocycles. The first-order chi connectivity index (χ1) is 9.04. The van der Waals surface area contributed by atoms with Crippen LogP contribution in [0.15, 0.2) is 0 Å². The van der Waals surface area contributed by atoms with Crippen LogP contribution in [0.25, 0.3) is 0 Å². The van der Waals surface area contributed by atoms with Crippen LogP contribution in [0.1, 0.15) is 52.4 Å². The minimum absolute atomic E-state index is 0.400. The monoisotopic (exact) mass is 287 g/mol. The van der Waals surface area contributed by atoms with E-state index in [2.05, 4.69) is 19.2 Å². The van der Waals surface area contributed by atoms with E-state index in [1.54, 1.807) is 0 Å². The predicted octanol–water partition coefficient (Wildman–Crippen LogP) is 2.62. The summed E-state index contributed by atoms with van der Waals surface area (Å²) in [7, 11) is -2.74. The lowest BCUT2D eigenvalue weighted by atomic mass is 9.82. The molecule has 2 rings (SSSR count). The molecule has 19 heavy (non-hydrogen) atoms. The summed E-state index contributed by atoms with van der Waals surface area (Å²) >= 11 is 0. The molecule has 0 radical (unpaired) electrons. The minimum atomic E-state index is -2.74. The fraction of sp³-hybridized carbons (Fsp3) is 1.00. The average Bonchev–Trinajstić information content (AvgIpc) is 3.13. The summed E-state index contributed by atoms with van der Waals surface area (Å²) < 4.78 is 23.4. The maximum atomic E-state index is 11.7. The van der Waals surface area contributed by atoms with Gasteiger partial charge in [-0.3, -0.25) is 0 Å². The van der Waals surface area contributed by atoms with E-state index in [4.69, 9.17) is 0 Å². The Hall–Kier alpha value is -0.0900. The van der Waals surface area contributed by atoms with Crippen LogP contribution >= 0.6 is 0 Å². The molecule has 1 aliphatic carbocycles. The Morgan fingerprint density at radius 2 is 1.84 bits per heavy atom. The van der Waals surface area contributed by atoms with Crippen LogP contribution in [-0.2, 0) is 9.84 Å². The third kappa shape index (κ3) is 4.75. The Bertz CT molecular complexity index is 372. The van der Waals surface area contributed by atoms with Crippen LogP contribution < -0.4 is 5.32 Å². The molecule has 0 aromatic carbocycles. The minimum Gasteiger partial charge on any atom is -0.314 e. The lowest BCUT2D eigenvalue weighted by Gasteiger charge is -2.27. The second kappa shape index (κ2) is 6.57. The highest BCUT2D eigenvalue weighted by Gasteiger charge is 2.35. The Morgan fingerprint density at radius 1 is 1.16 bits per heavy atom. The van der Waals surface area contributed by atoms with Gasteiger partial charge in [0.1, 0.15) is 0 Å². The van der Waals surface area contributed by atoms with E-state index < -0.39 is 9.84 Å². The van der Waals surface area contributed by atoms with Crippen molar-refractivity contribution in [1.82, 2.24) is 5.32 Å². The first-order valence-electron chi connectivity index (χ1n) is 7.97. The number of hydrogen-bond acceptors (Lipinski definition) is 3. The van der Waals surface area contributed by atoms with Gasteiger partial charge in [-0.05, 0) is 50.0 Å². The molecule has 1 saturated carbocycles. The third-order valence-electron chi connectivity index (χ3n) is 4.97. The number of sulfone groups is 1. The molecular weight excluding hydrogens is 258 g/mol. The zero-order valence-corrected chi connectivity index (χ0v) is 13.2. The first-order valence-corrected chi connectivity index (χ1v) is 9.80. The molecule has 2 aliphatic rings. The molecule has 2 atom stereocenters. The van der Waals surface area contributed by atoms with Gasteiger partial charge in [-0.15, -0.1) is 0 Å². The highest BCUT2D eigenvalue weighted by molar-refractivity contribution is 7.91.